The van der Waals surface area contributed by atoms with Crippen molar-refractivity contribution in [3.63, 3.8) is 0 Å². The molecule has 0 aliphatic carbocycles. The van der Waals surface area contributed by atoms with E-state index in [4.69, 9.17) is 14.7 Å². The van der Waals surface area contributed by atoms with Crippen molar-refractivity contribution in [2.24, 2.45) is 0 Å². The van der Waals surface area contributed by atoms with Gasteiger partial charge in [0.15, 0.2) is 14.4 Å². The monoisotopic (exact) mass is 316 g/mol. The second-order valence-electron chi connectivity index (χ2n) is 6.65. The first kappa shape index (κ1) is 20.0. The average molecular weight is 316 g/mol. The summed E-state index contributed by atoms with van der Waals surface area (Å²) in [5.41, 5.74) is 8.48. The van der Waals surface area contributed by atoms with Crippen LogP contribution in [0.5, 0.6) is 0 Å². The largest absolute Gasteiger partial charge is 0.457 e. The Hall–Kier alpha value is -1.01. The summed E-state index contributed by atoms with van der Waals surface area (Å²) in [4.78, 5) is 14.4. The maximum absolute atomic E-state index is 11.5. The maximum atomic E-state index is 11.5. The Bertz CT molecular complexity index is 412. The number of carbonyl (C=O) groups is 1. The molecule has 122 valence electrons. The molecule has 0 rings (SSSR count). The van der Waals surface area contributed by atoms with Crippen molar-refractivity contribution in [1.29, 1.82) is 0 Å². The molecule has 1 N–H and O–H groups in total. The third kappa shape index (κ3) is 6.09. The third-order valence-electron chi connectivity index (χ3n) is 3.77. The van der Waals surface area contributed by atoms with Crippen LogP contribution >= 0.6 is 0 Å². The highest BCUT2D eigenvalue weighted by Gasteiger charge is 2.40. The zero-order chi connectivity index (χ0) is 16.8. The molecule has 2 atom stereocenters. The van der Waals surface area contributed by atoms with E-state index in [0.717, 1.165) is 0 Å². The van der Waals surface area contributed by atoms with Gasteiger partial charge in [0.05, 0.1) is 6.61 Å². The van der Waals surface area contributed by atoms with E-state index in [9.17, 15) is 9.90 Å². The van der Waals surface area contributed by atoms with Crippen molar-refractivity contribution >= 4 is 20.0 Å². The molecule has 0 amide bonds. The molecule has 0 heterocycles. The Kier molecular flexibility index (Phi) is 7.46. The topological polar surface area (TPSA) is 92.2 Å². The van der Waals surface area contributed by atoms with E-state index in [2.05, 4.69) is 38.7 Å². The molecule has 0 fully saturated rings. The number of hydrogen-bond acceptors (Lipinski definition) is 4. The predicted octanol–water partition coefficient (Wildman–Crippen LogP) is 2.38. The predicted molar refractivity (Wildman–Crippen MR) is 83.6 cm³/mol. The van der Waals surface area contributed by atoms with Gasteiger partial charge in [-0.15, -0.1) is 0 Å². The Balaban J connectivity index is 4.75. The fraction of sp³-hybridized carbons (Fsp3) is 0.857. The number of aliphatic hydroxyl groups is 1. The highest BCUT2D eigenvalue weighted by Crippen LogP contribution is 2.37. The summed E-state index contributed by atoms with van der Waals surface area (Å²) in [7, 11) is -1.95. The zero-order valence-corrected chi connectivity index (χ0v) is 15.1. The lowest BCUT2D eigenvalue weighted by molar-refractivity contribution is -0.141. The van der Waals surface area contributed by atoms with E-state index >= 15 is 0 Å². The van der Waals surface area contributed by atoms with E-state index in [-0.39, 0.29) is 29.9 Å². The van der Waals surface area contributed by atoms with Crippen LogP contribution in [-0.4, -0.2) is 48.7 Å². The van der Waals surface area contributed by atoms with Gasteiger partial charge in [-0.3, -0.25) is 0 Å². The van der Waals surface area contributed by atoms with Gasteiger partial charge in [-0.2, -0.15) is 4.79 Å². The van der Waals surface area contributed by atoms with E-state index < -0.39 is 20.4 Å². The van der Waals surface area contributed by atoms with Gasteiger partial charge in [0.2, 0.25) is 0 Å². The number of hydrogen-bond donors (Lipinski definition) is 1. The lowest BCUT2D eigenvalue weighted by atomic mass is 10.1. The van der Waals surface area contributed by atoms with Crippen molar-refractivity contribution in [3.05, 3.63) is 5.53 Å². The lowest BCUT2D eigenvalue weighted by Gasteiger charge is -2.38. The highest BCUT2D eigenvalue weighted by atomic mass is 28.4. The van der Waals surface area contributed by atoms with E-state index in [1.165, 1.54) is 0 Å². The summed E-state index contributed by atoms with van der Waals surface area (Å²) in [6.07, 6.45) is -1.30. The highest BCUT2D eigenvalue weighted by molar-refractivity contribution is 6.74. The van der Waals surface area contributed by atoms with E-state index in [0.29, 0.717) is 0 Å². The molecule has 0 aromatic carbocycles. The van der Waals surface area contributed by atoms with Crippen molar-refractivity contribution in [2.45, 2.75) is 71.4 Å². The minimum Gasteiger partial charge on any atom is -0.457 e. The van der Waals surface area contributed by atoms with Crippen LogP contribution in [0.2, 0.25) is 18.1 Å². The molecule has 21 heavy (non-hydrogen) atoms. The second kappa shape index (κ2) is 7.84. The zero-order valence-electron chi connectivity index (χ0n) is 14.1. The van der Waals surface area contributed by atoms with Gasteiger partial charge in [0.1, 0.15) is 0 Å². The summed E-state index contributed by atoms with van der Waals surface area (Å²) >= 11 is 0. The quantitative estimate of drug-likeness (QED) is 0.256. The van der Waals surface area contributed by atoms with Crippen LogP contribution in [0.3, 0.4) is 0 Å². The van der Waals surface area contributed by atoms with Gasteiger partial charge in [0.25, 0.3) is 0 Å². The first-order valence-electron chi connectivity index (χ1n) is 7.21. The molecule has 0 spiro atoms. The average Bonchev–Trinajstić information content (AvgIpc) is 2.27. The van der Waals surface area contributed by atoms with Crippen molar-refractivity contribution in [3.8, 4) is 0 Å². The van der Waals surface area contributed by atoms with Crippen LogP contribution in [-0.2, 0) is 14.0 Å². The molecular formula is C14H28N2O4Si. The number of rotatable bonds is 7. The first-order valence-corrected chi connectivity index (χ1v) is 10.1. The van der Waals surface area contributed by atoms with Gasteiger partial charge < -0.3 is 19.8 Å². The molecule has 0 aromatic heterocycles. The van der Waals surface area contributed by atoms with Crippen LogP contribution in [0.4, 0.5) is 0 Å². The van der Waals surface area contributed by atoms with Crippen molar-refractivity contribution in [1.82, 2.24) is 0 Å². The molecule has 0 aliphatic rings. The van der Waals surface area contributed by atoms with Crippen LogP contribution in [0, 0.1) is 0 Å². The SMILES string of the molecule is CCOC(=O)C(=[N+]=[N-])C(O)C[C@@H](C)O[Si](C)(C)C(C)(C)C. The Morgan fingerprint density at radius 1 is 1.38 bits per heavy atom. The van der Waals surface area contributed by atoms with Gasteiger partial charge >= 0.3 is 11.7 Å². The minimum atomic E-state index is -1.95. The molecular weight excluding hydrogens is 288 g/mol. The fourth-order valence-electron chi connectivity index (χ4n) is 1.60. The van der Waals surface area contributed by atoms with Crippen LogP contribution in [0.1, 0.15) is 41.0 Å². The standard InChI is InChI=1S/C14H28N2O4Si/c1-8-19-13(18)12(16-15)11(17)9-10(2)20-21(6,7)14(3,4)5/h10-11,17H,8-9H2,1-7H3/t10-,11?/m1/s1. The lowest BCUT2D eigenvalue weighted by Crippen LogP contribution is -2.44. The fourth-order valence-corrected chi connectivity index (χ4v) is 3.06. The molecule has 0 saturated carbocycles. The second-order valence-corrected chi connectivity index (χ2v) is 11.4. The summed E-state index contributed by atoms with van der Waals surface area (Å²) in [5, 5.41) is 10.1. The summed E-state index contributed by atoms with van der Waals surface area (Å²) in [6, 6.07) is 0. The third-order valence-corrected chi connectivity index (χ3v) is 8.37. The molecule has 7 heteroatoms. The van der Waals surface area contributed by atoms with Gasteiger partial charge in [0, 0.05) is 12.5 Å². The van der Waals surface area contributed by atoms with E-state index in [1.54, 1.807) is 6.92 Å². The van der Waals surface area contributed by atoms with Crippen LogP contribution < -0.4 is 0 Å². The molecule has 1 unspecified atom stereocenters. The van der Waals surface area contributed by atoms with Crippen LogP contribution in [0.25, 0.3) is 5.53 Å². The molecule has 6 nitrogen and oxygen atoms in total. The number of aliphatic hydroxyl groups excluding tert-OH is 1. The van der Waals surface area contributed by atoms with Gasteiger partial charge in [-0.25, -0.2) is 4.79 Å². The molecule has 0 aliphatic heterocycles. The molecule has 0 bridgehead atoms. The number of nitrogens with zero attached hydrogens (tertiary/aromatic N) is 2. The van der Waals surface area contributed by atoms with E-state index in [1.807, 2.05) is 6.92 Å². The van der Waals surface area contributed by atoms with Gasteiger partial charge in [-0.1, -0.05) is 20.8 Å². The Morgan fingerprint density at radius 3 is 2.29 bits per heavy atom. The molecule has 0 aromatic rings. The minimum absolute atomic E-state index is 0.0568. The molecule has 0 saturated heterocycles. The normalized spacial score (nSPS) is 15.0. The maximum Gasteiger partial charge on any atom is 0.419 e. The summed E-state index contributed by atoms with van der Waals surface area (Å²) in [5.74, 6) is -0.813. The van der Waals surface area contributed by atoms with Crippen molar-refractivity contribution in [2.75, 3.05) is 6.61 Å². The Morgan fingerprint density at radius 2 is 1.90 bits per heavy atom. The number of carbonyl (C=O) groups excluding carboxylic acids is 1. The summed E-state index contributed by atoms with van der Waals surface area (Å²) in [6.45, 7) is 14.2. The van der Waals surface area contributed by atoms with Crippen molar-refractivity contribution < 1.29 is 23.9 Å². The van der Waals surface area contributed by atoms with Crippen LogP contribution in [0.15, 0.2) is 0 Å². The molecule has 0 radical (unpaired) electrons. The smallest absolute Gasteiger partial charge is 0.419 e. The number of esters is 1. The Labute approximate surface area is 128 Å². The summed E-state index contributed by atoms with van der Waals surface area (Å²) < 4.78 is 10.8. The number of ether oxygens (including phenoxy) is 1. The first-order chi connectivity index (χ1) is 9.46. The van der Waals surface area contributed by atoms with Gasteiger partial charge in [-0.05, 0) is 32.0 Å².